The molecule has 1 aromatic carbocycles. The van der Waals surface area contributed by atoms with E-state index >= 15 is 0 Å². The first kappa shape index (κ1) is 14.1. The molecule has 0 aliphatic carbocycles. The molecule has 1 aromatic heterocycles. The number of rotatable bonds is 4. The lowest BCUT2D eigenvalue weighted by atomic mass is 10.1. The van der Waals surface area contributed by atoms with Gasteiger partial charge in [-0.2, -0.15) is 0 Å². The average Bonchev–Trinajstić information content (AvgIpc) is 2.61. The maximum absolute atomic E-state index is 13.9. The van der Waals surface area contributed by atoms with Crippen molar-refractivity contribution in [2.24, 2.45) is 0 Å². The Balaban J connectivity index is 2.57. The van der Waals surface area contributed by atoms with Crippen LogP contribution in [0.1, 0.15) is 20.8 Å². The highest BCUT2D eigenvalue weighted by atomic mass is 32.1. The second-order valence-corrected chi connectivity index (χ2v) is 5.35. The second-order valence-electron chi connectivity index (χ2n) is 4.97. The summed E-state index contributed by atoms with van der Waals surface area (Å²) in [6.07, 6.45) is 0. The number of aromatic nitrogens is 2. The van der Waals surface area contributed by atoms with E-state index in [4.69, 9.17) is 17.0 Å². The van der Waals surface area contributed by atoms with E-state index in [1.54, 1.807) is 4.57 Å². The number of halogens is 2. The second kappa shape index (κ2) is 5.02. The molecule has 0 aliphatic heterocycles. The van der Waals surface area contributed by atoms with Gasteiger partial charge in [-0.05, 0) is 45.1 Å². The fourth-order valence-corrected chi connectivity index (χ4v) is 2.42. The van der Waals surface area contributed by atoms with Crippen LogP contribution in [0.25, 0.3) is 11.0 Å². The standard InChI is InChI=1S/C13H16F2N2OS/c1-4-18-13(2,3)7-17-11-9(16-12(17)19)6-5-8(14)10(11)15/h5-6H,4,7H2,1-3H3,(H,16,19). The van der Waals surface area contributed by atoms with E-state index in [9.17, 15) is 8.78 Å². The highest BCUT2D eigenvalue weighted by Gasteiger charge is 2.22. The maximum atomic E-state index is 13.9. The summed E-state index contributed by atoms with van der Waals surface area (Å²) in [6.45, 7) is 6.54. The van der Waals surface area contributed by atoms with E-state index in [1.807, 2.05) is 20.8 Å². The van der Waals surface area contributed by atoms with Crippen LogP contribution in [0.3, 0.4) is 0 Å². The molecule has 3 nitrogen and oxygen atoms in total. The van der Waals surface area contributed by atoms with Crippen molar-refractivity contribution in [1.82, 2.24) is 9.55 Å². The first-order chi connectivity index (χ1) is 8.85. The molecule has 2 rings (SSSR count). The molecule has 0 amide bonds. The molecule has 0 atom stereocenters. The SMILES string of the molecule is CCOC(C)(C)Cn1c(=S)[nH]c2ccc(F)c(F)c21. The third-order valence-electron chi connectivity index (χ3n) is 2.90. The largest absolute Gasteiger partial charge is 0.374 e. The lowest BCUT2D eigenvalue weighted by molar-refractivity contribution is -0.0219. The molecular weight excluding hydrogens is 270 g/mol. The maximum Gasteiger partial charge on any atom is 0.184 e. The quantitative estimate of drug-likeness (QED) is 0.867. The number of ether oxygens (including phenoxy) is 1. The van der Waals surface area contributed by atoms with Gasteiger partial charge >= 0.3 is 0 Å². The van der Waals surface area contributed by atoms with Crippen molar-refractivity contribution < 1.29 is 13.5 Å². The predicted molar refractivity (Wildman–Crippen MR) is 72.7 cm³/mol. The topological polar surface area (TPSA) is 29.9 Å². The third-order valence-corrected chi connectivity index (χ3v) is 3.22. The summed E-state index contributed by atoms with van der Waals surface area (Å²) in [7, 11) is 0. The van der Waals surface area contributed by atoms with E-state index in [1.165, 1.54) is 6.07 Å². The molecule has 0 bridgehead atoms. The minimum atomic E-state index is -0.892. The molecule has 1 heterocycles. The Kier molecular flexibility index (Phi) is 3.73. The molecule has 6 heteroatoms. The fraction of sp³-hybridized carbons (Fsp3) is 0.462. The summed E-state index contributed by atoms with van der Waals surface area (Å²) in [5.41, 5.74) is 0.120. The number of aromatic amines is 1. The molecule has 0 saturated carbocycles. The third kappa shape index (κ3) is 2.69. The van der Waals surface area contributed by atoms with Gasteiger partial charge in [0.25, 0.3) is 0 Å². The number of nitrogens with one attached hydrogen (secondary N) is 1. The minimum Gasteiger partial charge on any atom is -0.374 e. The Hall–Kier alpha value is -1.27. The van der Waals surface area contributed by atoms with E-state index in [-0.39, 0.29) is 5.52 Å². The highest BCUT2D eigenvalue weighted by Crippen LogP contribution is 2.23. The average molecular weight is 286 g/mol. The minimum absolute atomic E-state index is 0.151. The van der Waals surface area contributed by atoms with Crippen molar-refractivity contribution in [2.75, 3.05) is 6.61 Å². The van der Waals surface area contributed by atoms with Gasteiger partial charge in [0, 0.05) is 6.61 Å². The molecule has 0 fully saturated rings. The number of nitrogens with zero attached hydrogens (tertiary/aromatic N) is 1. The lowest BCUT2D eigenvalue weighted by Gasteiger charge is -2.25. The van der Waals surface area contributed by atoms with E-state index < -0.39 is 17.2 Å². The van der Waals surface area contributed by atoms with Gasteiger partial charge in [0.2, 0.25) is 0 Å². The van der Waals surface area contributed by atoms with E-state index in [0.29, 0.717) is 23.4 Å². The van der Waals surface area contributed by atoms with Crippen LogP contribution >= 0.6 is 12.2 Å². The van der Waals surface area contributed by atoms with Gasteiger partial charge in [-0.1, -0.05) is 0 Å². The van der Waals surface area contributed by atoms with Gasteiger partial charge in [-0.25, -0.2) is 8.78 Å². The zero-order chi connectivity index (χ0) is 14.2. The van der Waals surface area contributed by atoms with Crippen LogP contribution < -0.4 is 0 Å². The smallest absolute Gasteiger partial charge is 0.184 e. The Morgan fingerprint density at radius 3 is 2.68 bits per heavy atom. The van der Waals surface area contributed by atoms with Crippen LogP contribution in [0, 0.1) is 16.4 Å². The number of fused-ring (bicyclic) bond motifs is 1. The summed E-state index contributed by atoms with van der Waals surface area (Å²) < 4.78 is 34.8. The Bertz CT molecular complexity index is 660. The number of hydrogen-bond donors (Lipinski definition) is 1. The zero-order valence-corrected chi connectivity index (χ0v) is 11.9. The molecule has 0 saturated heterocycles. The first-order valence-electron chi connectivity index (χ1n) is 6.06. The molecule has 0 unspecified atom stereocenters. The number of imidazole rings is 1. The van der Waals surface area contributed by atoms with Crippen LogP contribution in [0.2, 0.25) is 0 Å². The summed E-state index contributed by atoms with van der Waals surface area (Å²) in [6, 6.07) is 2.56. The van der Waals surface area contributed by atoms with Crippen LogP contribution in [0.15, 0.2) is 12.1 Å². The van der Waals surface area contributed by atoms with Crippen molar-refractivity contribution in [3.8, 4) is 0 Å². The van der Waals surface area contributed by atoms with Gasteiger partial charge in [0.05, 0.1) is 17.7 Å². The van der Waals surface area contributed by atoms with Gasteiger partial charge in [-0.15, -0.1) is 0 Å². The Labute approximate surface area is 115 Å². The predicted octanol–water partition coefficient (Wildman–Crippen LogP) is 3.79. The van der Waals surface area contributed by atoms with Crippen LogP contribution in [-0.2, 0) is 11.3 Å². The normalized spacial score (nSPS) is 12.3. The lowest BCUT2D eigenvalue weighted by Crippen LogP contribution is -2.30. The molecular formula is C13H16F2N2OS. The van der Waals surface area contributed by atoms with Crippen molar-refractivity contribution in [3.63, 3.8) is 0 Å². The monoisotopic (exact) mass is 286 g/mol. The number of H-pyrrole nitrogens is 1. The van der Waals surface area contributed by atoms with E-state index in [2.05, 4.69) is 4.98 Å². The summed E-state index contributed by atoms with van der Waals surface area (Å²) in [4.78, 5) is 2.88. The van der Waals surface area contributed by atoms with Crippen molar-refractivity contribution in [1.29, 1.82) is 0 Å². The van der Waals surface area contributed by atoms with Crippen molar-refractivity contribution in [3.05, 3.63) is 28.5 Å². The van der Waals surface area contributed by atoms with E-state index in [0.717, 1.165) is 6.07 Å². The van der Waals surface area contributed by atoms with Gasteiger partial charge in [-0.3, -0.25) is 0 Å². The molecule has 0 radical (unpaired) electrons. The van der Waals surface area contributed by atoms with Gasteiger partial charge in [0.15, 0.2) is 16.4 Å². The Morgan fingerprint density at radius 1 is 1.37 bits per heavy atom. The number of hydrogen-bond acceptors (Lipinski definition) is 2. The van der Waals surface area contributed by atoms with Gasteiger partial charge < -0.3 is 14.3 Å². The summed E-state index contributed by atoms with van der Waals surface area (Å²) in [5, 5.41) is 0. The zero-order valence-electron chi connectivity index (χ0n) is 11.1. The molecule has 0 aliphatic rings. The summed E-state index contributed by atoms with van der Waals surface area (Å²) in [5.74, 6) is -1.78. The molecule has 19 heavy (non-hydrogen) atoms. The van der Waals surface area contributed by atoms with Crippen LogP contribution in [0.4, 0.5) is 8.78 Å². The summed E-state index contributed by atoms with van der Waals surface area (Å²) >= 11 is 5.17. The van der Waals surface area contributed by atoms with Crippen LogP contribution in [0.5, 0.6) is 0 Å². The first-order valence-corrected chi connectivity index (χ1v) is 6.47. The fourth-order valence-electron chi connectivity index (χ4n) is 2.16. The Morgan fingerprint density at radius 2 is 2.05 bits per heavy atom. The molecule has 0 spiro atoms. The highest BCUT2D eigenvalue weighted by molar-refractivity contribution is 7.71. The van der Waals surface area contributed by atoms with Gasteiger partial charge in [0.1, 0.15) is 5.52 Å². The molecule has 104 valence electrons. The van der Waals surface area contributed by atoms with Crippen molar-refractivity contribution in [2.45, 2.75) is 32.9 Å². The van der Waals surface area contributed by atoms with Crippen LogP contribution in [-0.4, -0.2) is 21.8 Å². The van der Waals surface area contributed by atoms with Crippen molar-refractivity contribution >= 4 is 23.3 Å². The molecule has 1 N–H and O–H groups in total. The molecule has 2 aromatic rings. The number of benzene rings is 1.